The number of rotatable bonds is 6. The number of aromatic amines is 1. The van der Waals surface area contributed by atoms with Crippen molar-refractivity contribution in [2.24, 2.45) is 0 Å². The molecule has 3 N–H and O–H groups in total. The number of sulfonamides is 1. The lowest BCUT2D eigenvalue weighted by molar-refractivity contribution is 0.529. The number of hydrogen-bond donors (Lipinski definition) is 3. The fourth-order valence-electron chi connectivity index (χ4n) is 2.04. The van der Waals surface area contributed by atoms with Gasteiger partial charge in [-0.1, -0.05) is 6.92 Å². The Bertz CT molecular complexity index is 493. The summed E-state index contributed by atoms with van der Waals surface area (Å²) >= 11 is 1.88. The van der Waals surface area contributed by atoms with E-state index in [0.29, 0.717) is 11.4 Å². The average Bonchev–Trinajstić information content (AvgIpc) is 2.86. The Hall–Kier alpha value is -0.500. The van der Waals surface area contributed by atoms with E-state index in [2.05, 4.69) is 15.0 Å². The molecule has 1 aromatic rings. The van der Waals surface area contributed by atoms with Crippen LogP contribution in [0, 0.1) is 0 Å². The van der Waals surface area contributed by atoms with Crippen LogP contribution in [-0.4, -0.2) is 37.5 Å². The first-order valence-corrected chi connectivity index (χ1v) is 9.23. The van der Waals surface area contributed by atoms with Gasteiger partial charge in [0.2, 0.25) is 10.0 Å². The van der Waals surface area contributed by atoms with Gasteiger partial charge in [-0.25, -0.2) is 13.1 Å². The normalized spacial score (nSPS) is 17.7. The van der Waals surface area contributed by atoms with Crippen molar-refractivity contribution in [1.82, 2.24) is 15.0 Å². The van der Waals surface area contributed by atoms with E-state index in [4.69, 9.17) is 0 Å². The zero-order valence-electron chi connectivity index (χ0n) is 11.1. The van der Waals surface area contributed by atoms with Crippen molar-refractivity contribution >= 4 is 21.8 Å². The predicted octanol–water partition coefficient (Wildman–Crippen LogP) is 1.30. The fourth-order valence-corrected chi connectivity index (χ4v) is 4.47. The highest BCUT2D eigenvalue weighted by Crippen LogP contribution is 2.19. The number of nitrogens with one attached hydrogen (secondary N) is 3. The molecule has 0 aromatic carbocycles. The summed E-state index contributed by atoms with van der Waals surface area (Å²) in [6.45, 7) is 3.54. The van der Waals surface area contributed by atoms with Crippen LogP contribution in [0.25, 0.3) is 0 Å². The molecule has 0 aliphatic carbocycles. The number of hydrogen-bond acceptors (Lipinski definition) is 4. The molecule has 2 rings (SSSR count). The zero-order chi connectivity index (χ0) is 13.7. The van der Waals surface area contributed by atoms with Gasteiger partial charge in [-0.15, -0.1) is 0 Å². The summed E-state index contributed by atoms with van der Waals surface area (Å²) in [4.78, 5) is 3.33. The van der Waals surface area contributed by atoms with Crippen molar-refractivity contribution in [3.8, 4) is 0 Å². The summed E-state index contributed by atoms with van der Waals surface area (Å²) in [5, 5.41) is 3.16. The molecule has 5 nitrogen and oxygen atoms in total. The molecule has 1 aromatic heterocycles. The maximum absolute atomic E-state index is 12.2. The van der Waals surface area contributed by atoms with E-state index >= 15 is 0 Å². The van der Waals surface area contributed by atoms with Gasteiger partial charge < -0.3 is 10.3 Å². The third kappa shape index (κ3) is 4.24. The van der Waals surface area contributed by atoms with Crippen molar-refractivity contribution in [3.63, 3.8) is 0 Å². The molecule has 1 saturated heterocycles. The van der Waals surface area contributed by atoms with Gasteiger partial charge in [0.15, 0.2) is 0 Å². The summed E-state index contributed by atoms with van der Waals surface area (Å²) in [7, 11) is -3.38. The monoisotopic (exact) mass is 303 g/mol. The van der Waals surface area contributed by atoms with Gasteiger partial charge in [0.1, 0.15) is 0 Å². The van der Waals surface area contributed by atoms with E-state index in [1.54, 1.807) is 12.3 Å². The fraction of sp³-hybridized carbons (Fsp3) is 0.667. The first kappa shape index (κ1) is 14.9. The van der Waals surface area contributed by atoms with Gasteiger partial charge in [-0.05, 0) is 37.0 Å². The maximum Gasteiger partial charge on any atom is 0.242 e. The minimum absolute atomic E-state index is 0.0818. The first-order chi connectivity index (χ1) is 9.12. The van der Waals surface area contributed by atoms with Crippen LogP contribution < -0.4 is 10.0 Å². The Balaban J connectivity index is 1.99. The molecule has 0 spiro atoms. The Morgan fingerprint density at radius 2 is 2.16 bits per heavy atom. The number of thioether (sulfide) groups is 1. The van der Waals surface area contributed by atoms with E-state index in [-0.39, 0.29) is 6.04 Å². The molecule has 0 radical (unpaired) electrons. The van der Waals surface area contributed by atoms with Crippen LogP contribution in [0.15, 0.2) is 17.2 Å². The highest BCUT2D eigenvalue weighted by Gasteiger charge is 2.22. The Morgan fingerprint density at radius 1 is 1.42 bits per heavy atom. The SMILES string of the molecule is CCNCc1cc(S(=O)(=O)NC2CCSCC2)c[nH]1. The van der Waals surface area contributed by atoms with Crippen molar-refractivity contribution in [3.05, 3.63) is 18.0 Å². The van der Waals surface area contributed by atoms with Crippen molar-refractivity contribution in [1.29, 1.82) is 0 Å². The zero-order valence-corrected chi connectivity index (χ0v) is 12.7. The second-order valence-corrected chi connectivity index (χ2v) is 7.59. The quantitative estimate of drug-likeness (QED) is 0.740. The standard InChI is InChI=1S/C12H21N3O2S2/c1-2-13-8-11-7-12(9-14-11)19(16,17)15-10-3-5-18-6-4-10/h7,9-10,13-15H,2-6,8H2,1H3. The van der Waals surface area contributed by atoms with E-state index in [0.717, 1.165) is 36.6 Å². The maximum atomic E-state index is 12.2. The third-order valence-electron chi connectivity index (χ3n) is 3.14. The van der Waals surface area contributed by atoms with Crippen LogP contribution in [0.4, 0.5) is 0 Å². The Labute approximate surface area is 119 Å². The van der Waals surface area contributed by atoms with Gasteiger partial charge in [0, 0.05) is 24.5 Å². The third-order valence-corrected chi connectivity index (χ3v) is 5.68. The minimum Gasteiger partial charge on any atom is -0.363 e. The molecule has 19 heavy (non-hydrogen) atoms. The summed E-state index contributed by atoms with van der Waals surface area (Å²) in [6, 6.07) is 1.78. The van der Waals surface area contributed by atoms with Crippen molar-refractivity contribution < 1.29 is 8.42 Å². The molecule has 0 amide bonds. The second kappa shape index (κ2) is 6.78. The highest BCUT2D eigenvalue weighted by molar-refractivity contribution is 7.99. The molecule has 108 valence electrons. The summed E-state index contributed by atoms with van der Waals surface area (Å²) in [5.41, 5.74) is 0.890. The molecule has 0 bridgehead atoms. The van der Waals surface area contributed by atoms with Crippen LogP contribution in [0.1, 0.15) is 25.5 Å². The molecule has 1 aliphatic heterocycles. The van der Waals surface area contributed by atoms with E-state index in [1.807, 2.05) is 18.7 Å². The molecular weight excluding hydrogens is 282 g/mol. The van der Waals surface area contributed by atoms with E-state index < -0.39 is 10.0 Å². The lowest BCUT2D eigenvalue weighted by atomic mass is 10.2. The highest BCUT2D eigenvalue weighted by atomic mass is 32.2. The molecular formula is C12H21N3O2S2. The van der Waals surface area contributed by atoms with Gasteiger partial charge >= 0.3 is 0 Å². The van der Waals surface area contributed by atoms with Crippen molar-refractivity contribution in [2.75, 3.05) is 18.1 Å². The minimum atomic E-state index is -3.38. The largest absolute Gasteiger partial charge is 0.363 e. The molecule has 0 unspecified atom stereocenters. The second-order valence-electron chi connectivity index (χ2n) is 4.65. The lowest BCUT2D eigenvalue weighted by Crippen LogP contribution is -2.37. The van der Waals surface area contributed by atoms with E-state index in [1.165, 1.54) is 0 Å². The average molecular weight is 303 g/mol. The van der Waals surface area contributed by atoms with Gasteiger partial charge in [0.25, 0.3) is 0 Å². The summed E-state index contributed by atoms with van der Waals surface area (Å²) in [5.74, 6) is 2.07. The summed E-state index contributed by atoms with van der Waals surface area (Å²) in [6.07, 6.45) is 3.39. The lowest BCUT2D eigenvalue weighted by Gasteiger charge is -2.21. The van der Waals surface area contributed by atoms with Crippen LogP contribution in [0.3, 0.4) is 0 Å². The molecule has 2 heterocycles. The predicted molar refractivity (Wildman–Crippen MR) is 78.8 cm³/mol. The van der Waals surface area contributed by atoms with Gasteiger partial charge in [0.05, 0.1) is 4.90 Å². The van der Waals surface area contributed by atoms with Crippen LogP contribution >= 0.6 is 11.8 Å². The molecule has 1 aliphatic rings. The molecule has 0 atom stereocenters. The molecule has 0 saturated carbocycles. The topological polar surface area (TPSA) is 74.0 Å². The van der Waals surface area contributed by atoms with Gasteiger partial charge in [-0.3, -0.25) is 0 Å². The van der Waals surface area contributed by atoms with Gasteiger partial charge in [-0.2, -0.15) is 11.8 Å². The number of aromatic nitrogens is 1. The van der Waals surface area contributed by atoms with E-state index in [9.17, 15) is 8.42 Å². The smallest absolute Gasteiger partial charge is 0.242 e. The molecule has 1 fully saturated rings. The van der Waals surface area contributed by atoms with Crippen LogP contribution in [0.2, 0.25) is 0 Å². The Kier molecular flexibility index (Phi) is 5.32. The Morgan fingerprint density at radius 3 is 2.84 bits per heavy atom. The summed E-state index contributed by atoms with van der Waals surface area (Å²) < 4.78 is 27.3. The molecule has 7 heteroatoms. The van der Waals surface area contributed by atoms with Crippen LogP contribution in [-0.2, 0) is 16.6 Å². The van der Waals surface area contributed by atoms with Crippen molar-refractivity contribution in [2.45, 2.75) is 37.2 Å². The van der Waals surface area contributed by atoms with Crippen LogP contribution in [0.5, 0.6) is 0 Å². The number of H-pyrrole nitrogens is 1. The first-order valence-electron chi connectivity index (χ1n) is 6.60.